The van der Waals surface area contributed by atoms with Gasteiger partial charge in [-0.1, -0.05) is 11.2 Å². The number of hydrogen-bond acceptors (Lipinski definition) is 7. The highest BCUT2D eigenvalue weighted by atomic mass is 16.5. The molecule has 0 aliphatic carbocycles. The van der Waals surface area contributed by atoms with E-state index < -0.39 is 0 Å². The van der Waals surface area contributed by atoms with E-state index in [4.69, 9.17) is 4.52 Å². The quantitative estimate of drug-likeness (QED) is 0.733. The third kappa shape index (κ3) is 2.97. The summed E-state index contributed by atoms with van der Waals surface area (Å²) >= 11 is 0. The zero-order valence-corrected chi connectivity index (χ0v) is 13.5. The lowest BCUT2D eigenvalue weighted by Gasteiger charge is -2.31. The van der Waals surface area contributed by atoms with Gasteiger partial charge >= 0.3 is 0 Å². The molecule has 3 aromatic heterocycles. The third-order valence-electron chi connectivity index (χ3n) is 4.30. The van der Waals surface area contributed by atoms with Crippen molar-refractivity contribution in [2.24, 2.45) is 0 Å². The first kappa shape index (κ1) is 14.7. The normalized spacial score (nSPS) is 15.6. The fraction of sp³-hybridized carbons (Fsp3) is 0.353. The minimum absolute atomic E-state index is 0.282. The van der Waals surface area contributed by atoms with E-state index in [2.05, 4.69) is 42.1 Å². The van der Waals surface area contributed by atoms with Crippen molar-refractivity contribution >= 4 is 5.82 Å². The second kappa shape index (κ2) is 6.35. The second-order valence-corrected chi connectivity index (χ2v) is 6.00. The molecule has 122 valence electrons. The first-order valence-electron chi connectivity index (χ1n) is 8.07. The molecule has 3 aromatic rings. The fourth-order valence-corrected chi connectivity index (χ4v) is 2.92. The van der Waals surface area contributed by atoms with E-state index in [1.54, 1.807) is 18.6 Å². The van der Waals surface area contributed by atoms with Gasteiger partial charge in [0.05, 0.1) is 6.20 Å². The summed E-state index contributed by atoms with van der Waals surface area (Å²) in [6, 6.07) is 4.17. The number of pyridine rings is 1. The van der Waals surface area contributed by atoms with Crippen LogP contribution in [0.1, 0.15) is 30.2 Å². The summed E-state index contributed by atoms with van der Waals surface area (Å²) in [4.78, 5) is 19.5. The van der Waals surface area contributed by atoms with Crippen LogP contribution in [0.2, 0.25) is 0 Å². The highest BCUT2D eigenvalue weighted by Crippen LogP contribution is 2.29. The molecule has 0 amide bonds. The van der Waals surface area contributed by atoms with Gasteiger partial charge in [-0.15, -0.1) is 0 Å². The predicted molar refractivity (Wildman–Crippen MR) is 88.5 cm³/mol. The molecule has 1 aliphatic heterocycles. The number of piperidine rings is 1. The Labute approximate surface area is 139 Å². The number of hydrogen-bond donors (Lipinski definition) is 0. The van der Waals surface area contributed by atoms with Crippen LogP contribution in [0.15, 0.2) is 41.4 Å². The van der Waals surface area contributed by atoms with Crippen LogP contribution in [0.25, 0.3) is 11.5 Å². The Bertz CT molecular complexity index is 793. The van der Waals surface area contributed by atoms with E-state index in [9.17, 15) is 0 Å². The van der Waals surface area contributed by atoms with Crippen molar-refractivity contribution in [3.8, 4) is 11.5 Å². The second-order valence-electron chi connectivity index (χ2n) is 6.00. The molecule has 4 rings (SSSR count). The van der Waals surface area contributed by atoms with Gasteiger partial charge in [-0.25, -0.2) is 9.97 Å². The largest absolute Gasteiger partial charge is 0.357 e. The lowest BCUT2D eigenvalue weighted by molar-refractivity contribution is 0.329. The number of rotatable bonds is 3. The molecular formula is C17H18N6O. The average Bonchev–Trinajstić information content (AvgIpc) is 3.13. The van der Waals surface area contributed by atoms with Crippen molar-refractivity contribution in [2.75, 3.05) is 18.0 Å². The Morgan fingerprint density at radius 2 is 1.96 bits per heavy atom. The van der Waals surface area contributed by atoms with E-state index in [0.29, 0.717) is 17.4 Å². The zero-order valence-electron chi connectivity index (χ0n) is 13.5. The maximum Gasteiger partial charge on any atom is 0.230 e. The van der Waals surface area contributed by atoms with Crippen LogP contribution in [-0.2, 0) is 0 Å². The van der Waals surface area contributed by atoms with E-state index in [1.807, 2.05) is 13.1 Å². The van der Waals surface area contributed by atoms with Crippen LogP contribution < -0.4 is 4.90 Å². The smallest absolute Gasteiger partial charge is 0.230 e. The predicted octanol–water partition coefficient (Wildman–Crippen LogP) is 2.61. The zero-order chi connectivity index (χ0) is 16.4. The summed E-state index contributed by atoms with van der Waals surface area (Å²) in [5.74, 6) is 2.50. The van der Waals surface area contributed by atoms with Crippen LogP contribution in [-0.4, -0.2) is 38.2 Å². The van der Waals surface area contributed by atoms with Gasteiger partial charge in [0.25, 0.3) is 0 Å². The number of anilines is 1. The topological polar surface area (TPSA) is 80.8 Å². The summed E-state index contributed by atoms with van der Waals surface area (Å²) in [6.45, 7) is 3.92. The fourth-order valence-electron chi connectivity index (χ4n) is 2.92. The number of nitrogens with zero attached hydrogens (tertiary/aromatic N) is 6. The maximum atomic E-state index is 5.45. The van der Waals surface area contributed by atoms with E-state index >= 15 is 0 Å². The van der Waals surface area contributed by atoms with Crippen LogP contribution in [0, 0.1) is 6.92 Å². The van der Waals surface area contributed by atoms with E-state index in [0.717, 1.165) is 31.7 Å². The molecule has 7 heteroatoms. The van der Waals surface area contributed by atoms with Gasteiger partial charge in [-0.05, 0) is 31.4 Å². The molecule has 0 saturated carbocycles. The van der Waals surface area contributed by atoms with Gasteiger partial charge in [0.15, 0.2) is 0 Å². The Morgan fingerprint density at radius 1 is 1.08 bits per heavy atom. The Hall–Kier alpha value is -2.83. The Kier molecular flexibility index (Phi) is 3.90. The molecule has 4 heterocycles. The van der Waals surface area contributed by atoms with Crippen LogP contribution in [0.5, 0.6) is 0 Å². The van der Waals surface area contributed by atoms with Gasteiger partial charge in [-0.2, -0.15) is 4.98 Å². The number of aryl methyl sites for hydroxylation is 1. The third-order valence-corrected chi connectivity index (χ3v) is 4.30. The average molecular weight is 322 g/mol. The molecule has 1 saturated heterocycles. The van der Waals surface area contributed by atoms with Crippen molar-refractivity contribution in [2.45, 2.75) is 25.7 Å². The highest BCUT2D eigenvalue weighted by Gasteiger charge is 2.26. The van der Waals surface area contributed by atoms with Gasteiger partial charge < -0.3 is 9.42 Å². The molecule has 7 nitrogen and oxygen atoms in total. The standard InChI is InChI=1S/C17H18N6O/c1-12-2-3-15(20-10-12)23-8-4-13(5-9-23)17-21-16(22-24-17)14-11-18-6-7-19-14/h2-3,6-7,10-11,13H,4-5,8-9H2,1H3. The molecule has 0 bridgehead atoms. The van der Waals surface area contributed by atoms with Crippen molar-refractivity contribution in [3.63, 3.8) is 0 Å². The Balaban J connectivity index is 1.43. The maximum absolute atomic E-state index is 5.45. The summed E-state index contributed by atoms with van der Waals surface area (Å²) in [6.07, 6.45) is 8.74. The summed E-state index contributed by atoms with van der Waals surface area (Å²) in [5.41, 5.74) is 1.81. The molecule has 24 heavy (non-hydrogen) atoms. The lowest BCUT2D eigenvalue weighted by Crippen LogP contribution is -2.33. The molecule has 0 unspecified atom stereocenters. The van der Waals surface area contributed by atoms with Crippen molar-refractivity contribution in [1.82, 2.24) is 25.1 Å². The molecule has 0 atom stereocenters. The minimum atomic E-state index is 0.282. The number of aromatic nitrogens is 5. The van der Waals surface area contributed by atoms with Crippen LogP contribution in [0.4, 0.5) is 5.82 Å². The molecule has 1 fully saturated rings. The summed E-state index contributed by atoms with van der Waals surface area (Å²) in [7, 11) is 0. The minimum Gasteiger partial charge on any atom is -0.357 e. The van der Waals surface area contributed by atoms with Crippen molar-refractivity contribution in [1.29, 1.82) is 0 Å². The summed E-state index contributed by atoms with van der Waals surface area (Å²) in [5, 5.41) is 4.03. The van der Waals surface area contributed by atoms with Crippen LogP contribution in [0.3, 0.4) is 0 Å². The van der Waals surface area contributed by atoms with E-state index in [1.165, 1.54) is 5.56 Å². The molecule has 0 aromatic carbocycles. The first-order valence-corrected chi connectivity index (χ1v) is 8.07. The SMILES string of the molecule is Cc1ccc(N2CCC(c3nc(-c4cnccn4)no3)CC2)nc1. The molecule has 0 N–H and O–H groups in total. The lowest BCUT2D eigenvalue weighted by atomic mass is 9.97. The van der Waals surface area contributed by atoms with Gasteiger partial charge in [-0.3, -0.25) is 4.98 Å². The van der Waals surface area contributed by atoms with Crippen molar-refractivity contribution in [3.05, 3.63) is 48.4 Å². The van der Waals surface area contributed by atoms with Gasteiger partial charge in [0.1, 0.15) is 11.5 Å². The summed E-state index contributed by atoms with van der Waals surface area (Å²) < 4.78 is 5.45. The van der Waals surface area contributed by atoms with E-state index in [-0.39, 0.29) is 5.92 Å². The monoisotopic (exact) mass is 322 g/mol. The molecule has 0 spiro atoms. The molecule has 1 aliphatic rings. The molecular weight excluding hydrogens is 304 g/mol. The molecule has 0 radical (unpaired) electrons. The first-order chi connectivity index (χ1) is 11.8. The van der Waals surface area contributed by atoms with Gasteiger partial charge in [0, 0.05) is 37.6 Å². The van der Waals surface area contributed by atoms with Crippen LogP contribution >= 0.6 is 0 Å². The van der Waals surface area contributed by atoms with Crippen molar-refractivity contribution < 1.29 is 4.52 Å². The van der Waals surface area contributed by atoms with Gasteiger partial charge in [0.2, 0.25) is 11.7 Å². The Morgan fingerprint density at radius 3 is 2.67 bits per heavy atom. The highest BCUT2D eigenvalue weighted by molar-refractivity contribution is 5.45.